The Morgan fingerprint density at radius 3 is 2.20 bits per heavy atom. The van der Waals surface area contributed by atoms with Crippen molar-refractivity contribution in [1.82, 2.24) is 5.32 Å². The molecule has 0 radical (unpaired) electrons. The Morgan fingerprint density at radius 2 is 1.57 bits per heavy atom. The van der Waals surface area contributed by atoms with Gasteiger partial charge in [0.05, 0.1) is 12.6 Å². The molecule has 4 heteroatoms. The van der Waals surface area contributed by atoms with Crippen molar-refractivity contribution in [3.63, 3.8) is 0 Å². The van der Waals surface area contributed by atoms with Gasteiger partial charge in [-0.25, -0.2) is 0 Å². The largest absolute Gasteiger partial charge is 0.493 e. The Balaban J connectivity index is 1.39. The van der Waals surface area contributed by atoms with Gasteiger partial charge in [-0.3, -0.25) is 4.79 Å². The number of rotatable bonds is 8. The summed E-state index contributed by atoms with van der Waals surface area (Å²) in [5.74, 6) is 3.11. The van der Waals surface area contributed by atoms with Gasteiger partial charge in [-0.05, 0) is 66.6 Å². The molecule has 0 aromatic heterocycles. The van der Waals surface area contributed by atoms with Gasteiger partial charge in [-0.15, -0.1) is 0 Å². The van der Waals surface area contributed by atoms with Crippen LogP contribution in [0.3, 0.4) is 0 Å². The van der Waals surface area contributed by atoms with E-state index in [2.05, 4.69) is 29.6 Å². The van der Waals surface area contributed by atoms with E-state index in [1.807, 2.05) is 55.5 Å². The van der Waals surface area contributed by atoms with Crippen LogP contribution in [0.1, 0.15) is 38.3 Å². The zero-order valence-electron chi connectivity index (χ0n) is 17.4. The lowest BCUT2D eigenvalue weighted by Gasteiger charge is -2.13. The standard InChI is InChI=1S/C26H27NO3/c1-18(27-19(2)28)21-8-10-22(11-9-21)23-12-14-24(15-13-23)30-26-5-3-4-25(16-26)29-17-20-6-7-20/h3-5,8-16,18,20H,6-7,17H2,1-2H3,(H,27,28). The first-order valence-electron chi connectivity index (χ1n) is 10.4. The number of ether oxygens (including phenoxy) is 2. The zero-order valence-corrected chi connectivity index (χ0v) is 17.4. The van der Waals surface area contributed by atoms with Gasteiger partial charge in [0, 0.05) is 13.0 Å². The zero-order chi connectivity index (χ0) is 20.9. The van der Waals surface area contributed by atoms with Crippen molar-refractivity contribution in [2.75, 3.05) is 6.61 Å². The summed E-state index contributed by atoms with van der Waals surface area (Å²) in [5.41, 5.74) is 3.32. The second-order valence-electron chi connectivity index (χ2n) is 7.90. The second-order valence-corrected chi connectivity index (χ2v) is 7.90. The first kappa shape index (κ1) is 20.0. The first-order valence-corrected chi connectivity index (χ1v) is 10.4. The molecule has 1 aliphatic rings. The maximum Gasteiger partial charge on any atom is 0.217 e. The van der Waals surface area contributed by atoms with E-state index in [4.69, 9.17) is 9.47 Å². The summed E-state index contributed by atoms with van der Waals surface area (Å²) in [5, 5.41) is 2.90. The van der Waals surface area contributed by atoms with Crippen molar-refractivity contribution in [2.45, 2.75) is 32.7 Å². The van der Waals surface area contributed by atoms with Crippen LogP contribution in [0, 0.1) is 5.92 Å². The fraction of sp³-hybridized carbons (Fsp3) is 0.269. The molecule has 3 aromatic carbocycles. The second kappa shape index (κ2) is 9.04. The number of carbonyl (C=O) groups excluding carboxylic acids is 1. The third kappa shape index (κ3) is 5.41. The summed E-state index contributed by atoms with van der Waals surface area (Å²) in [7, 11) is 0. The van der Waals surface area contributed by atoms with E-state index in [1.54, 1.807) is 0 Å². The van der Waals surface area contributed by atoms with Crippen molar-refractivity contribution in [2.24, 2.45) is 5.92 Å². The molecule has 1 amide bonds. The van der Waals surface area contributed by atoms with Crippen LogP contribution in [0.2, 0.25) is 0 Å². The quantitative estimate of drug-likeness (QED) is 0.494. The Morgan fingerprint density at radius 1 is 0.933 bits per heavy atom. The SMILES string of the molecule is CC(=O)NC(C)c1ccc(-c2ccc(Oc3cccc(OCC4CC4)c3)cc2)cc1. The lowest BCUT2D eigenvalue weighted by Crippen LogP contribution is -2.23. The number of hydrogen-bond donors (Lipinski definition) is 1. The monoisotopic (exact) mass is 401 g/mol. The Labute approximate surface area is 177 Å². The predicted octanol–water partition coefficient (Wildman–Crippen LogP) is 6.13. The highest BCUT2D eigenvalue weighted by atomic mass is 16.5. The summed E-state index contributed by atoms with van der Waals surface area (Å²) < 4.78 is 11.8. The molecule has 0 bridgehead atoms. The first-order chi connectivity index (χ1) is 14.6. The van der Waals surface area contributed by atoms with Crippen LogP contribution in [0.15, 0.2) is 72.8 Å². The van der Waals surface area contributed by atoms with Crippen LogP contribution in [0.5, 0.6) is 17.2 Å². The van der Waals surface area contributed by atoms with E-state index in [1.165, 1.54) is 19.8 Å². The summed E-state index contributed by atoms with van der Waals surface area (Å²) in [4.78, 5) is 11.2. The van der Waals surface area contributed by atoms with Crippen LogP contribution in [0.4, 0.5) is 0 Å². The Kier molecular flexibility index (Phi) is 6.03. The van der Waals surface area contributed by atoms with E-state index >= 15 is 0 Å². The minimum atomic E-state index is -0.0258. The van der Waals surface area contributed by atoms with Crippen LogP contribution >= 0.6 is 0 Å². The molecule has 3 aromatic rings. The highest BCUT2D eigenvalue weighted by Crippen LogP contribution is 2.31. The molecule has 1 atom stereocenters. The molecule has 30 heavy (non-hydrogen) atoms. The topological polar surface area (TPSA) is 47.6 Å². The minimum Gasteiger partial charge on any atom is -0.493 e. The van der Waals surface area contributed by atoms with E-state index in [9.17, 15) is 4.79 Å². The molecule has 1 aliphatic carbocycles. The summed E-state index contributed by atoms with van der Waals surface area (Å²) in [6.07, 6.45) is 2.55. The Hall–Kier alpha value is -3.27. The molecule has 0 aliphatic heterocycles. The molecule has 154 valence electrons. The van der Waals surface area contributed by atoms with E-state index in [0.29, 0.717) is 0 Å². The number of benzene rings is 3. The molecule has 0 heterocycles. The normalized spacial score (nSPS) is 14.1. The van der Waals surface area contributed by atoms with Crippen molar-refractivity contribution in [1.29, 1.82) is 0 Å². The lowest BCUT2D eigenvalue weighted by atomic mass is 10.0. The van der Waals surface area contributed by atoms with Crippen LogP contribution < -0.4 is 14.8 Å². The fourth-order valence-corrected chi connectivity index (χ4v) is 3.33. The van der Waals surface area contributed by atoms with Gasteiger partial charge in [-0.2, -0.15) is 0 Å². The van der Waals surface area contributed by atoms with Gasteiger partial charge >= 0.3 is 0 Å². The molecular formula is C26H27NO3. The number of amides is 1. The van der Waals surface area contributed by atoms with Crippen LogP contribution in [-0.4, -0.2) is 12.5 Å². The molecule has 4 rings (SSSR count). The van der Waals surface area contributed by atoms with Gasteiger partial charge < -0.3 is 14.8 Å². The lowest BCUT2D eigenvalue weighted by molar-refractivity contribution is -0.119. The van der Waals surface area contributed by atoms with E-state index in [-0.39, 0.29) is 11.9 Å². The third-order valence-electron chi connectivity index (χ3n) is 5.24. The van der Waals surface area contributed by atoms with E-state index in [0.717, 1.165) is 46.5 Å². The van der Waals surface area contributed by atoms with Crippen molar-refractivity contribution in [3.05, 3.63) is 78.4 Å². The smallest absolute Gasteiger partial charge is 0.217 e. The average molecular weight is 402 g/mol. The third-order valence-corrected chi connectivity index (χ3v) is 5.24. The maximum absolute atomic E-state index is 11.2. The predicted molar refractivity (Wildman–Crippen MR) is 119 cm³/mol. The van der Waals surface area contributed by atoms with Crippen molar-refractivity contribution >= 4 is 5.91 Å². The molecule has 1 N–H and O–H groups in total. The van der Waals surface area contributed by atoms with Crippen LogP contribution in [-0.2, 0) is 4.79 Å². The van der Waals surface area contributed by atoms with Crippen molar-refractivity contribution in [3.8, 4) is 28.4 Å². The molecule has 0 spiro atoms. The number of hydrogen-bond acceptors (Lipinski definition) is 3. The van der Waals surface area contributed by atoms with E-state index < -0.39 is 0 Å². The number of carbonyl (C=O) groups is 1. The molecule has 1 fully saturated rings. The maximum atomic E-state index is 11.2. The highest BCUT2D eigenvalue weighted by molar-refractivity contribution is 5.73. The molecule has 4 nitrogen and oxygen atoms in total. The molecule has 0 saturated heterocycles. The van der Waals surface area contributed by atoms with Gasteiger partial charge in [0.2, 0.25) is 5.91 Å². The van der Waals surface area contributed by atoms with Gasteiger partial charge in [-0.1, -0.05) is 42.5 Å². The van der Waals surface area contributed by atoms with Gasteiger partial charge in [0.25, 0.3) is 0 Å². The van der Waals surface area contributed by atoms with Gasteiger partial charge in [0.1, 0.15) is 17.2 Å². The molecule has 1 saturated carbocycles. The molecular weight excluding hydrogens is 374 g/mol. The Bertz CT molecular complexity index is 992. The summed E-state index contributed by atoms with van der Waals surface area (Å²) in [6.45, 7) is 4.31. The molecule has 1 unspecified atom stereocenters. The highest BCUT2D eigenvalue weighted by Gasteiger charge is 2.21. The fourth-order valence-electron chi connectivity index (χ4n) is 3.33. The summed E-state index contributed by atoms with van der Waals surface area (Å²) >= 11 is 0. The minimum absolute atomic E-state index is 0.00339. The summed E-state index contributed by atoms with van der Waals surface area (Å²) in [6, 6.07) is 24.1. The van der Waals surface area contributed by atoms with Gasteiger partial charge in [0.15, 0.2) is 0 Å². The number of nitrogens with one attached hydrogen (secondary N) is 1. The van der Waals surface area contributed by atoms with Crippen LogP contribution in [0.25, 0.3) is 11.1 Å². The van der Waals surface area contributed by atoms with Crippen molar-refractivity contribution < 1.29 is 14.3 Å². The average Bonchev–Trinajstić information content (AvgIpc) is 3.57.